The monoisotopic (exact) mass is 194 g/mol. The minimum atomic E-state index is 0.709. The van der Waals surface area contributed by atoms with E-state index in [2.05, 4.69) is 17.1 Å². The van der Waals surface area contributed by atoms with Crippen molar-refractivity contribution in [2.24, 2.45) is 0 Å². The summed E-state index contributed by atoms with van der Waals surface area (Å²) in [5.74, 6) is 0. The summed E-state index contributed by atoms with van der Waals surface area (Å²) in [6.07, 6.45) is 4.26. The molecule has 0 saturated carbocycles. The first-order valence-electron chi connectivity index (χ1n) is 4.22. The molecule has 2 nitrogen and oxygen atoms in total. The predicted molar refractivity (Wildman–Crippen MR) is 57.2 cm³/mol. The van der Waals surface area contributed by atoms with Gasteiger partial charge >= 0.3 is 0 Å². The van der Waals surface area contributed by atoms with Gasteiger partial charge in [-0.3, -0.25) is 0 Å². The van der Waals surface area contributed by atoms with Gasteiger partial charge in [-0.05, 0) is 18.2 Å². The van der Waals surface area contributed by atoms with E-state index >= 15 is 0 Å². The maximum atomic E-state index is 6.06. The molecule has 13 heavy (non-hydrogen) atoms. The summed E-state index contributed by atoms with van der Waals surface area (Å²) in [7, 11) is 0. The Morgan fingerprint density at radius 2 is 1.92 bits per heavy atom. The average molecular weight is 195 g/mol. The van der Waals surface area contributed by atoms with Crippen molar-refractivity contribution >= 4 is 23.0 Å². The largest absolute Gasteiger partial charge is 0.399 e. The van der Waals surface area contributed by atoms with Gasteiger partial charge in [-0.25, -0.2) is 0 Å². The van der Waals surface area contributed by atoms with Crippen LogP contribution in [0.5, 0.6) is 0 Å². The highest BCUT2D eigenvalue weighted by atomic mass is 35.5. The van der Waals surface area contributed by atoms with Crippen molar-refractivity contribution in [3.63, 3.8) is 0 Å². The maximum absolute atomic E-state index is 6.06. The van der Waals surface area contributed by atoms with Crippen LogP contribution in [0.3, 0.4) is 0 Å². The number of nitrogen functional groups attached to an aromatic ring is 1. The zero-order valence-electron chi connectivity index (χ0n) is 7.20. The lowest BCUT2D eigenvalue weighted by atomic mass is 10.2. The van der Waals surface area contributed by atoms with Gasteiger partial charge in [0.2, 0.25) is 0 Å². The highest BCUT2D eigenvalue weighted by molar-refractivity contribution is 6.33. The predicted octanol–water partition coefficient (Wildman–Crippen LogP) is 2.30. The van der Waals surface area contributed by atoms with Crippen LogP contribution in [-0.2, 0) is 0 Å². The molecule has 1 aromatic carbocycles. The molecular formula is C10H11ClN2. The van der Waals surface area contributed by atoms with Gasteiger partial charge < -0.3 is 10.6 Å². The van der Waals surface area contributed by atoms with Crippen molar-refractivity contribution in [3.8, 4) is 0 Å². The van der Waals surface area contributed by atoms with Gasteiger partial charge in [-0.2, -0.15) is 0 Å². The number of nitrogens with two attached hydrogens (primary N) is 1. The molecule has 1 heterocycles. The van der Waals surface area contributed by atoms with Crippen LogP contribution in [0.15, 0.2) is 30.4 Å². The minimum Gasteiger partial charge on any atom is -0.399 e. The molecule has 0 saturated heterocycles. The van der Waals surface area contributed by atoms with Crippen LogP contribution in [0.1, 0.15) is 0 Å². The third-order valence-electron chi connectivity index (χ3n) is 2.13. The lowest BCUT2D eigenvalue weighted by Gasteiger charge is -2.19. The first-order chi connectivity index (χ1) is 6.27. The number of halogens is 1. The van der Waals surface area contributed by atoms with Gasteiger partial charge in [0, 0.05) is 18.8 Å². The van der Waals surface area contributed by atoms with Crippen LogP contribution < -0.4 is 10.6 Å². The highest BCUT2D eigenvalue weighted by Gasteiger charge is 2.10. The summed E-state index contributed by atoms with van der Waals surface area (Å²) in [5.41, 5.74) is 7.37. The SMILES string of the molecule is Nc1ccc(N2CC=CC2)c(Cl)c1. The number of nitrogens with zero attached hydrogens (tertiary/aromatic N) is 1. The molecule has 3 heteroatoms. The van der Waals surface area contributed by atoms with Crippen LogP contribution in [0, 0.1) is 0 Å². The molecule has 0 bridgehead atoms. The fourth-order valence-corrected chi connectivity index (χ4v) is 1.76. The lowest BCUT2D eigenvalue weighted by Crippen LogP contribution is -2.18. The fourth-order valence-electron chi connectivity index (χ4n) is 1.45. The Morgan fingerprint density at radius 1 is 1.23 bits per heavy atom. The van der Waals surface area contributed by atoms with Crippen LogP contribution in [0.25, 0.3) is 0 Å². The fraction of sp³-hybridized carbons (Fsp3) is 0.200. The van der Waals surface area contributed by atoms with E-state index in [1.807, 2.05) is 12.1 Å². The molecule has 0 amide bonds. The molecule has 0 aliphatic carbocycles. The van der Waals surface area contributed by atoms with Gasteiger partial charge in [0.1, 0.15) is 0 Å². The summed E-state index contributed by atoms with van der Waals surface area (Å²) in [6, 6.07) is 5.62. The first kappa shape index (κ1) is 8.45. The molecule has 0 aromatic heterocycles. The standard InChI is InChI=1S/C10H11ClN2/c11-9-7-8(12)3-4-10(9)13-5-1-2-6-13/h1-4,7H,5-6,12H2. The van der Waals surface area contributed by atoms with Crippen molar-refractivity contribution in [3.05, 3.63) is 35.4 Å². The van der Waals surface area contributed by atoms with Crippen LogP contribution in [0.2, 0.25) is 5.02 Å². The van der Waals surface area contributed by atoms with Crippen LogP contribution in [-0.4, -0.2) is 13.1 Å². The smallest absolute Gasteiger partial charge is 0.0660 e. The molecule has 1 aliphatic heterocycles. The molecule has 2 rings (SSSR count). The Bertz CT molecular complexity index is 339. The minimum absolute atomic E-state index is 0.709. The van der Waals surface area contributed by atoms with E-state index in [0.717, 1.165) is 23.8 Å². The second kappa shape index (κ2) is 3.30. The van der Waals surface area contributed by atoms with Gasteiger partial charge in [0.25, 0.3) is 0 Å². The van der Waals surface area contributed by atoms with E-state index in [9.17, 15) is 0 Å². The second-order valence-electron chi connectivity index (χ2n) is 3.09. The van der Waals surface area contributed by atoms with E-state index in [1.165, 1.54) is 0 Å². The van der Waals surface area contributed by atoms with Gasteiger partial charge in [-0.15, -0.1) is 0 Å². The zero-order valence-corrected chi connectivity index (χ0v) is 7.96. The maximum Gasteiger partial charge on any atom is 0.0660 e. The normalized spacial score (nSPS) is 15.3. The molecule has 0 atom stereocenters. The molecule has 1 aromatic rings. The molecule has 0 radical (unpaired) electrons. The number of hydrogen-bond acceptors (Lipinski definition) is 2. The van der Waals surface area contributed by atoms with Gasteiger partial charge in [0.15, 0.2) is 0 Å². The first-order valence-corrected chi connectivity index (χ1v) is 4.60. The van der Waals surface area contributed by atoms with Crippen molar-refractivity contribution < 1.29 is 0 Å². The Morgan fingerprint density at radius 3 is 2.54 bits per heavy atom. The lowest BCUT2D eigenvalue weighted by molar-refractivity contribution is 1.01. The second-order valence-corrected chi connectivity index (χ2v) is 3.49. The summed E-state index contributed by atoms with van der Waals surface area (Å²) < 4.78 is 0. The molecule has 1 aliphatic rings. The number of benzene rings is 1. The third-order valence-corrected chi connectivity index (χ3v) is 2.43. The van der Waals surface area contributed by atoms with E-state index in [4.69, 9.17) is 17.3 Å². The number of anilines is 2. The van der Waals surface area contributed by atoms with Crippen LogP contribution in [0.4, 0.5) is 11.4 Å². The molecule has 0 spiro atoms. The van der Waals surface area contributed by atoms with Crippen molar-refractivity contribution in [2.45, 2.75) is 0 Å². The van der Waals surface area contributed by atoms with E-state index in [-0.39, 0.29) is 0 Å². The highest BCUT2D eigenvalue weighted by Crippen LogP contribution is 2.28. The average Bonchev–Trinajstić information content (AvgIpc) is 2.56. The van der Waals surface area contributed by atoms with Crippen molar-refractivity contribution in [1.82, 2.24) is 0 Å². The van der Waals surface area contributed by atoms with Crippen molar-refractivity contribution in [1.29, 1.82) is 0 Å². The molecule has 0 unspecified atom stereocenters. The zero-order chi connectivity index (χ0) is 9.26. The molecular weight excluding hydrogens is 184 g/mol. The number of hydrogen-bond donors (Lipinski definition) is 1. The molecule has 0 fully saturated rings. The third kappa shape index (κ3) is 1.63. The van der Waals surface area contributed by atoms with Gasteiger partial charge in [-0.1, -0.05) is 23.8 Å². The molecule has 2 N–H and O–H groups in total. The van der Waals surface area contributed by atoms with Crippen molar-refractivity contribution in [2.75, 3.05) is 23.7 Å². The van der Waals surface area contributed by atoms with E-state index in [1.54, 1.807) is 6.07 Å². The summed E-state index contributed by atoms with van der Waals surface area (Å²) in [6.45, 7) is 1.87. The molecule has 68 valence electrons. The Balaban J connectivity index is 2.30. The Hall–Kier alpha value is -1.15. The summed E-state index contributed by atoms with van der Waals surface area (Å²) >= 11 is 6.06. The summed E-state index contributed by atoms with van der Waals surface area (Å²) in [4.78, 5) is 2.20. The van der Waals surface area contributed by atoms with E-state index < -0.39 is 0 Å². The summed E-state index contributed by atoms with van der Waals surface area (Å²) in [5, 5.41) is 0.726. The van der Waals surface area contributed by atoms with Gasteiger partial charge in [0.05, 0.1) is 10.7 Å². The topological polar surface area (TPSA) is 29.3 Å². The Kier molecular flexibility index (Phi) is 2.15. The number of rotatable bonds is 1. The Labute approximate surface area is 82.6 Å². The quantitative estimate of drug-likeness (QED) is 0.549. The van der Waals surface area contributed by atoms with E-state index in [0.29, 0.717) is 5.69 Å². The van der Waals surface area contributed by atoms with Crippen LogP contribution >= 0.6 is 11.6 Å².